The summed E-state index contributed by atoms with van der Waals surface area (Å²) < 4.78 is 80.8. The smallest absolute Gasteiger partial charge is 0.310 e. The van der Waals surface area contributed by atoms with Crippen molar-refractivity contribution in [3.63, 3.8) is 0 Å². The lowest BCUT2D eigenvalue weighted by atomic mass is 10.2. The summed E-state index contributed by atoms with van der Waals surface area (Å²) in [6.07, 6.45) is 2.56. The Morgan fingerprint density at radius 3 is 2.54 bits per heavy atom. The second-order valence-corrected chi connectivity index (χ2v) is 8.02. The quantitative estimate of drug-likeness (QED) is 0.652. The van der Waals surface area contributed by atoms with Crippen molar-refractivity contribution in [2.75, 3.05) is 13.2 Å². The van der Waals surface area contributed by atoms with Gasteiger partial charge < -0.3 is 14.2 Å². The van der Waals surface area contributed by atoms with E-state index in [1.54, 1.807) is 0 Å². The van der Waals surface area contributed by atoms with Crippen molar-refractivity contribution in [1.82, 2.24) is 9.97 Å². The molecule has 0 saturated carbocycles. The van der Waals surface area contributed by atoms with Crippen LogP contribution in [0.1, 0.15) is 23.8 Å². The average molecular weight is 398 g/mol. The zero-order chi connectivity index (χ0) is 18.9. The first-order chi connectivity index (χ1) is 12.0. The summed E-state index contributed by atoms with van der Waals surface area (Å²) in [5.74, 6) is 0.0460. The molecule has 11 heteroatoms. The fraction of sp³-hybridized carbons (Fsp3) is 0.333. The highest BCUT2D eigenvalue weighted by Gasteiger charge is 2.65. The van der Waals surface area contributed by atoms with Gasteiger partial charge in [-0.25, -0.2) is 9.97 Å². The van der Waals surface area contributed by atoms with Gasteiger partial charge in [-0.15, -0.1) is 0 Å². The van der Waals surface area contributed by atoms with Gasteiger partial charge in [-0.1, -0.05) is 31.6 Å². The topological polar surface area (TPSA) is 53.5 Å². The maximum absolute atomic E-state index is 12.9. The molecular formula is C15H15F5N2O3S. The summed E-state index contributed by atoms with van der Waals surface area (Å²) in [5, 5.41) is 0. The molecule has 0 N–H and O–H groups in total. The minimum atomic E-state index is -9.74. The molecule has 0 radical (unpaired) electrons. The Bertz CT molecular complexity index is 798. The lowest BCUT2D eigenvalue weighted by molar-refractivity contribution is -0.184. The fourth-order valence-corrected chi connectivity index (χ4v) is 3.02. The van der Waals surface area contributed by atoms with Crippen LogP contribution in [0.15, 0.2) is 41.7 Å². The molecule has 0 unspecified atom stereocenters. The van der Waals surface area contributed by atoms with Crippen molar-refractivity contribution < 1.29 is 33.6 Å². The lowest BCUT2D eigenvalue weighted by Gasteiger charge is -2.40. The predicted octanol–water partition coefficient (Wildman–Crippen LogP) is 5.15. The highest BCUT2D eigenvalue weighted by atomic mass is 32.5. The Labute approximate surface area is 145 Å². The molecule has 5 nitrogen and oxygen atoms in total. The standard InChI is InChI=1S/C15H15F5N2O3S/c16-26(17,18,19,20)12-4-1-3-11(7-12)9-25-14-13(8-21-10-22-14)15-23-5-2-6-24-15/h1,3-4,7-8,10,15H,2,5-6,9H2. The third-order valence-electron chi connectivity index (χ3n) is 3.50. The number of rotatable bonds is 5. The van der Waals surface area contributed by atoms with Crippen molar-refractivity contribution in [3.8, 4) is 5.88 Å². The van der Waals surface area contributed by atoms with Crippen molar-refractivity contribution in [1.29, 1.82) is 0 Å². The van der Waals surface area contributed by atoms with Gasteiger partial charge in [-0.2, -0.15) is 0 Å². The monoisotopic (exact) mass is 398 g/mol. The van der Waals surface area contributed by atoms with Crippen LogP contribution in [0, 0.1) is 0 Å². The molecule has 0 atom stereocenters. The van der Waals surface area contributed by atoms with Crippen molar-refractivity contribution in [3.05, 3.63) is 47.9 Å². The average Bonchev–Trinajstić information content (AvgIpc) is 2.59. The van der Waals surface area contributed by atoms with Crippen LogP contribution in [0.25, 0.3) is 0 Å². The molecule has 1 aliphatic heterocycles. The SMILES string of the molecule is FS(F)(F)(F)(F)c1cccc(COc2ncncc2C2OCCCO2)c1. The Kier molecular flexibility index (Phi) is 4.36. The first kappa shape index (κ1) is 18.8. The van der Waals surface area contributed by atoms with E-state index in [9.17, 15) is 19.4 Å². The minimum absolute atomic E-state index is 0.0460. The summed E-state index contributed by atoms with van der Waals surface area (Å²) in [4.78, 5) is 5.79. The molecule has 0 spiro atoms. The second kappa shape index (κ2) is 6.03. The van der Waals surface area contributed by atoms with Crippen LogP contribution >= 0.6 is 10.2 Å². The van der Waals surface area contributed by atoms with Crippen LogP contribution in [-0.2, 0) is 16.1 Å². The highest BCUT2D eigenvalue weighted by molar-refractivity contribution is 8.45. The first-order valence-corrected chi connectivity index (χ1v) is 9.47. The van der Waals surface area contributed by atoms with Gasteiger partial charge in [0, 0.05) is 6.20 Å². The van der Waals surface area contributed by atoms with Gasteiger partial charge in [-0.05, 0) is 24.1 Å². The van der Waals surface area contributed by atoms with Crippen molar-refractivity contribution in [2.24, 2.45) is 0 Å². The fourth-order valence-electron chi connectivity index (χ4n) is 2.31. The van der Waals surface area contributed by atoms with E-state index in [1.807, 2.05) is 0 Å². The van der Waals surface area contributed by atoms with E-state index in [2.05, 4.69) is 9.97 Å². The Balaban J connectivity index is 1.79. The number of halogens is 5. The van der Waals surface area contributed by atoms with Crippen molar-refractivity contribution >= 4 is 10.2 Å². The molecule has 1 aliphatic rings. The van der Waals surface area contributed by atoms with E-state index in [0.29, 0.717) is 30.9 Å². The summed E-state index contributed by atoms with van der Waals surface area (Å²) in [6.45, 7) is 0.536. The first-order valence-electron chi connectivity index (χ1n) is 7.52. The summed E-state index contributed by atoms with van der Waals surface area (Å²) in [7, 11) is -9.74. The second-order valence-electron chi connectivity index (χ2n) is 5.62. The van der Waals surface area contributed by atoms with Gasteiger partial charge in [0.25, 0.3) is 0 Å². The number of hydrogen-bond acceptors (Lipinski definition) is 5. The van der Waals surface area contributed by atoms with Crippen LogP contribution in [0.5, 0.6) is 5.88 Å². The number of aromatic nitrogens is 2. The zero-order valence-corrected chi connectivity index (χ0v) is 14.1. The molecule has 0 aliphatic carbocycles. The van der Waals surface area contributed by atoms with Crippen LogP contribution in [-0.4, -0.2) is 23.2 Å². The largest absolute Gasteiger partial charge is 0.472 e. The Hall–Kier alpha value is -1.98. The number of benzene rings is 1. The van der Waals surface area contributed by atoms with Crippen LogP contribution in [0.4, 0.5) is 19.4 Å². The molecule has 1 aromatic carbocycles. The van der Waals surface area contributed by atoms with Gasteiger partial charge in [0.1, 0.15) is 17.8 Å². The molecule has 1 saturated heterocycles. The van der Waals surface area contributed by atoms with E-state index < -0.39 is 28.0 Å². The normalized spacial score (nSPS) is 18.8. The molecule has 144 valence electrons. The van der Waals surface area contributed by atoms with Gasteiger partial charge in [0.05, 0.1) is 18.8 Å². The van der Waals surface area contributed by atoms with Gasteiger partial charge >= 0.3 is 10.2 Å². The molecule has 0 bridgehead atoms. The molecule has 2 aromatic rings. The molecule has 1 aromatic heterocycles. The predicted molar refractivity (Wildman–Crippen MR) is 83.5 cm³/mol. The van der Waals surface area contributed by atoms with E-state index in [-0.39, 0.29) is 11.4 Å². The number of hydrogen-bond donors (Lipinski definition) is 0. The Morgan fingerprint density at radius 1 is 1.12 bits per heavy atom. The summed E-state index contributed by atoms with van der Waals surface area (Å²) in [6, 6.07) is 2.86. The van der Waals surface area contributed by atoms with E-state index in [0.717, 1.165) is 12.5 Å². The highest BCUT2D eigenvalue weighted by Crippen LogP contribution is 3.02. The van der Waals surface area contributed by atoms with E-state index in [1.165, 1.54) is 18.6 Å². The third kappa shape index (κ3) is 4.59. The third-order valence-corrected chi connectivity index (χ3v) is 4.65. The molecule has 1 fully saturated rings. The maximum atomic E-state index is 12.9. The lowest BCUT2D eigenvalue weighted by Crippen LogP contribution is -2.19. The number of nitrogens with zero attached hydrogens (tertiary/aromatic N) is 2. The van der Waals surface area contributed by atoms with Gasteiger partial charge in [-0.3, -0.25) is 0 Å². The summed E-state index contributed by atoms with van der Waals surface area (Å²) in [5.41, 5.74) is 0.293. The van der Waals surface area contributed by atoms with E-state index in [4.69, 9.17) is 14.2 Å². The molecule has 2 heterocycles. The van der Waals surface area contributed by atoms with Gasteiger partial charge in [0.15, 0.2) is 6.29 Å². The maximum Gasteiger partial charge on any atom is 0.310 e. The van der Waals surface area contributed by atoms with Crippen LogP contribution in [0.2, 0.25) is 0 Å². The minimum Gasteiger partial charge on any atom is -0.472 e. The van der Waals surface area contributed by atoms with Crippen LogP contribution in [0.3, 0.4) is 0 Å². The zero-order valence-electron chi connectivity index (χ0n) is 13.3. The van der Waals surface area contributed by atoms with Crippen LogP contribution < -0.4 is 4.74 Å². The van der Waals surface area contributed by atoms with Crippen molar-refractivity contribution in [2.45, 2.75) is 24.2 Å². The van der Waals surface area contributed by atoms with Gasteiger partial charge in [0.2, 0.25) is 5.88 Å². The summed E-state index contributed by atoms with van der Waals surface area (Å²) >= 11 is 0. The molecule has 3 rings (SSSR count). The van der Waals surface area contributed by atoms with E-state index >= 15 is 0 Å². The molecule has 0 amide bonds. The molecule has 26 heavy (non-hydrogen) atoms. The molecular weight excluding hydrogens is 383 g/mol. The number of ether oxygens (including phenoxy) is 3. The Morgan fingerprint density at radius 2 is 1.85 bits per heavy atom.